The molecule has 0 aliphatic carbocycles. The summed E-state index contributed by atoms with van der Waals surface area (Å²) in [6.45, 7) is 2.45. The minimum Gasteiger partial charge on any atom is -0.494 e. The Morgan fingerprint density at radius 3 is 2.63 bits per heavy atom. The number of nitriles is 1. The van der Waals surface area contributed by atoms with E-state index in [1.165, 1.54) is 11.3 Å². The van der Waals surface area contributed by atoms with Gasteiger partial charge in [-0.05, 0) is 49.4 Å². The summed E-state index contributed by atoms with van der Waals surface area (Å²) >= 11 is 7.12. The maximum atomic E-state index is 12.9. The quantitative estimate of drug-likeness (QED) is 0.357. The molecule has 3 aromatic rings. The molecule has 0 aliphatic rings. The molecular formula is C20H14ClF3N4OS. The Bertz CT molecular complexity index is 1100. The molecule has 1 aromatic heterocycles. The highest BCUT2D eigenvalue weighted by Gasteiger charge is 2.31. The molecule has 2 aromatic carbocycles. The third kappa shape index (κ3) is 5.09. The number of hydrogen-bond donors (Lipinski definition) is 1. The van der Waals surface area contributed by atoms with Crippen LogP contribution in [0.4, 0.5) is 18.9 Å². The van der Waals surface area contributed by atoms with Crippen LogP contribution in [-0.4, -0.2) is 17.3 Å². The zero-order valence-electron chi connectivity index (χ0n) is 15.5. The van der Waals surface area contributed by atoms with Gasteiger partial charge in [0.15, 0.2) is 10.7 Å². The van der Waals surface area contributed by atoms with Crippen molar-refractivity contribution in [3.63, 3.8) is 0 Å². The number of aromatic nitrogens is 1. The first-order valence-electron chi connectivity index (χ1n) is 8.61. The lowest BCUT2D eigenvalue weighted by Crippen LogP contribution is -2.06. The second kappa shape index (κ2) is 9.15. The van der Waals surface area contributed by atoms with Crippen LogP contribution in [0.25, 0.3) is 11.3 Å². The number of benzene rings is 2. The van der Waals surface area contributed by atoms with Gasteiger partial charge in [0.2, 0.25) is 0 Å². The normalized spacial score (nSPS) is 11.8. The van der Waals surface area contributed by atoms with Crippen LogP contribution < -0.4 is 10.2 Å². The Hall–Kier alpha value is -3.09. The minimum absolute atomic E-state index is 0.0401. The van der Waals surface area contributed by atoms with Gasteiger partial charge in [-0.25, -0.2) is 4.98 Å². The number of anilines is 1. The largest absolute Gasteiger partial charge is 0.494 e. The van der Waals surface area contributed by atoms with Gasteiger partial charge >= 0.3 is 6.18 Å². The van der Waals surface area contributed by atoms with E-state index in [1.807, 2.05) is 37.3 Å². The Kier molecular flexibility index (Phi) is 6.59. The number of halogens is 4. The highest BCUT2D eigenvalue weighted by atomic mass is 35.5. The summed E-state index contributed by atoms with van der Waals surface area (Å²) in [6, 6.07) is 12.0. The number of rotatable bonds is 6. The Labute approximate surface area is 179 Å². The van der Waals surface area contributed by atoms with E-state index in [9.17, 15) is 18.4 Å². The summed E-state index contributed by atoms with van der Waals surface area (Å²) < 4.78 is 44.1. The average Bonchev–Trinajstić information content (AvgIpc) is 3.19. The third-order valence-electron chi connectivity index (χ3n) is 3.86. The molecule has 0 atom stereocenters. The van der Waals surface area contributed by atoms with E-state index in [4.69, 9.17) is 16.3 Å². The minimum atomic E-state index is -4.52. The van der Waals surface area contributed by atoms with Crippen LogP contribution >= 0.6 is 22.9 Å². The Balaban J connectivity index is 1.82. The SMILES string of the molecule is CCOc1ccc(-c2csc(C(C#N)=NNc3cc(C(F)(F)F)ccc3Cl)n2)cc1. The van der Waals surface area contributed by atoms with Gasteiger partial charge in [0.25, 0.3) is 0 Å². The molecule has 3 rings (SSSR count). The van der Waals surface area contributed by atoms with Crippen LogP contribution in [-0.2, 0) is 6.18 Å². The van der Waals surface area contributed by atoms with Crippen molar-refractivity contribution in [1.82, 2.24) is 4.98 Å². The lowest BCUT2D eigenvalue weighted by molar-refractivity contribution is -0.137. The zero-order chi connectivity index (χ0) is 21.7. The standard InChI is InChI=1S/C20H14ClF3N4OS/c1-2-29-14-6-3-12(4-7-14)18-11-30-19(26-18)17(10-25)28-27-16-9-13(20(22,23)24)5-8-15(16)21/h3-9,11,27H,2H2,1H3. The second-order valence-electron chi connectivity index (χ2n) is 5.87. The molecule has 0 fully saturated rings. The van der Waals surface area contributed by atoms with Crippen molar-refractivity contribution >= 4 is 34.3 Å². The predicted molar refractivity (Wildman–Crippen MR) is 111 cm³/mol. The molecule has 1 heterocycles. The number of alkyl halides is 3. The van der Waals surface area contributed by atoms with Gasteiger partial charge in [-0.1, -0.05) is 11.6 Å². The summed E-state index contributed by atoms with van der Waals surface area (Å²) in [5.74, 6) is 0.734. The van der Waals surface area contributed by atoms with Gasteiger partial charge in [-0.3, -0.25) is 5.43 Å². The van der Waals surface area contributed by atoms with E-state index in [2.05, 4.69) is 15.5 Å². The van der Waals surface area contributed by atoms with Crippen molar-refractivity contribution < 1.29 is 17.9 Å². The van der Waals surface area contributed by atoms with E-state index < -0.39 is 11.7 Å². The van der Waals surface area contributed by atoms with Gasteiger partial charge < -0.3 is 4.74 Å². The molecule has 1 N–H and O–H groups in total. The summed E-state index contributed by atoms with van der Waals surface area (Å²) in [7, 11) is 0. The van der Waals surface area contributed by atoms with Crippen molar-refractivity contribution in [3.8, 4) is 23.1 Å². The molecule has 0 radical (unpaired) electrons. The maximum Gasteiger partial charge on any atom is 0.416 e. The lowest BCUT2D eigenvalue weighted by atomic mass is 10.2. The molecule has 0 saturated carbocycles. The number of nitrogens with zero attached hydrogens (tertiary/aromatic N) is 3. The Morgan fingerprint density at radius 2 is 2.00 bits per heavy atom. The van der Waals surface area contributed by atoms with Crippen LogP contribution in [0.15, 0.2) is 52.9 Å². The maximum absolute atomic E-state index is 12.9. The fourth-order valence-corrected chi connectivity index (χ4v) is 3.35. The van der Waals surface area contributed by atoms with Crippen molar-refractivity contribution in [2.24, 2.45) is 5.10 Å². The molecule has 154 valence electrons. The average molecular weight is 451 g/mol. The van der Waals surface area contributed by atoms with Gasteiger partial charge in [-0.15, -0.1) is 11.3 Å². The molecule has 30 heavy (non-hydrogen) atoms. The van der Waals surface area contributed by atoms with Crippen molar-refractivity contribution in [2.45, 2.75) is 13.1 Å². The summed E-state index contributed by atoms with van der Waals surface area (Å²) in [6.07, 6.45) is -4.52. The van der Waals surface area contributed by atoms with Crippen molar-refractivity contribution in [3.05, 3.63) is 63.4 Å². The van der Waals surface area contributed by atoms with Crippen LogP contribution in [0, 0.1) is 11.3 Å². The lowest BCUT2D eigenvalue weighted by Gasteiger charge is -2.10. The van der Waals surface area contributed by atoms with E-state index in [-0.39, 0.29) is 16.4 Å². The molecule has 0 aliphatic heterocycles. The zero-order valence-corrected chi connectivity index (χ0v) is 17.1. The van der Waals surface area contributed by atoms with E-state index in [0.717, 1.165) is 29.5 Å². The number of nitrogens with one attached hydrogen (secondary N) is 1. The number of hydrogen-bond acceptors (Lipinski definition) is 6. The summed E-state index contributed by atoms with van der Waals surface area (Å²) in [5.41, 5.74) is 2.87. The first-order chi connectivity index (χ1) is 14.3. The van der Waals surface area contributed by atoms with Gasteiger partial charge in [0, 0.05) is 10.9 Å². The first kappa shape index (κ1) is 21.6. The van der Waals surface area contributed by atoms with Crippen LogP contribution in [0.2, 0.25) is 5.02 Å². The number of ether oxygens (including phenoxy) is 1. The highest BCUT2D eigenvalue weighted by molar-refractivity contribution is 7.12. The molecule has 0 amide bonds. The topological polar surface area (TPSA) is 70.3 Å². The fourth-order valence-electron chi connectivity index (χ4n) is 2.43. The van der Waals surface area contributed by atoms with E-state index in [1.54, 1.807) is 5.38 Å². The molecule has 0 unspecified atom stereocenters. The molecule has 10 heteroatoms. The van der Waals surface area contributed by atoms with Crippen molar-refractivity contribution in [2.75, 3.05) is 12.0 Å². The van der Waals surface area contributed by atoms with E-state index in [0.29, 0.717) is 17.3 Å². The van der Waals surface area contributed by atoms with Gasteiger partial charge in [0.1, 0.15) is 11.8 Å². The summed E-state index contributed by atoms with van der Waals surface area (Å²) in [5, 5.41) is 15.4. The van der Waals surface area contributed by atoms with Gasteiger partial charge in [0.05, 0.1) is 28.6 Å². The predicted octanol–water partition coefficient (Wildman–Crippen LogP) is 6.22. The highest BCUT2D eigenvalue weighted by Crippen LogP contribution is 2.34. The third-order valence-corrected chi connectivity index (χ3v) is 5.03. The van der Waals surface area contributed by atoms with Crippen LogP contribution in [0.3, 0.4) is 0 Å². The summed E-state index contributed by atoms with van der Waals surface area (Å²) in [4.78, 5) is 4.39. The first-order valence-corrected chi connectivity index (χ1v) is 9.87. The fraction of sp³-hybridized carbons (Fsp3) is 0.150. The number of hydrazone groups is 1. The molecule has 0 bridgehead atoms. The van der Waals surface area contributed by atoms with Crippen LogP contribution in [0.5, 0.6) is 5.75 Å². The van der Waals surface area contributed by atoms with Crippen molar-refractivity contribution in [1.29, 1.82) is 5.26 Å². The molecule has 0 saturated heterocycles. The molecule has 5 nitrogen and oxygen atoms in total. The second-order valence-corrected chi connectivity index (χ2v) is 7.14. The smallest absolute Gasteiger partial charge is 0.416 e. The Morgan fingerprint density at radius 1 is 1.27 bits per heavy atom. The van der Waals surface area contributed by atoms with E-state index >= 15 is 0 Å². The van der Waals surface area contributed by atoms with Crippen LogP contribution in [0.1, 0.15) is 17.5 Å². The number of thiazole rings is 1. The monoisotopic (exact) mass is 450 g/mol. The van der Waals surface area contributed by atoms with Gasteiger partial charge in [-0.2, -0.15) is 23.5 Å². The molecule has 0 spiro atoms. The molecular weight excluding hydrogens is 437 g/mol.